The monoisotopic (exact) mass is 616 g/mol. The zero-order valence-electron chi connectivity index (χ0n) is 22.5. The van der Waals surface area contributed by atoms with Crippen molar-refractivity contribution in [2.24, 2.45) is 0 Å². The van der Waals surface area contributed by atoms with E-state index in [1.54, 1.807) is 66.4 Å². The van der Waals surface area contributed by atoms with Crippen molar-refractivity contribution in [3.8, 4) is 10.9 Å². The topological polar surface area (TPSA) is 101 Å². The van der Waals surface area contributed by atoms with Crippen LogP contribution in [0.4, 0.5) is 18.9 Å². The molecule has 4 aromatic rings. The normalized spacial score (nSPS) is 14.5. The molecule has 220 valence electrons. The Morgan fingerprint density at radius 3 is 2.38 bits per heavy atom. The van der Waals surface area contributed by atoms with Gasteiger partial charge in [-0.15, -0.1) is 0 Å². The second kappa shape index (κ2) is 12.1. The van der Waals surface area contributed by atoms with E-state index in [0.717, 1.165) is 18.4 Å². The summed E-state index contributed by atoms with van der Waals surface area (Å²) < 4.78 is 75.0. The van der Waals surface area contributed by atoms with E-state index < -0.39 is 22.0 Å². The number of hydrogen-bond acceptors (Lipinski definition) is 7. The van der Waals surface area contributed by atoms with Crippen molar-refractivity contribution in [3.63, 3.8) is 0 Å². The Labute approximate surface area is 245 Å². The number of hydrogen-bond donors (Lipinski definition) is 1. The molecule has 42 heavy (non-hydrogen) atoms. The Balaban J connectivity index is 1.17. The number of ether oxygens (including phenoxy) is 1. The number of piperidine rings is 1. The number of sulfonamides is 1. The SMILES string of the molecule is Cc1ccc(C(=O)N2CCC(c3ccc(Oc4nc(C(F)(F)F)ns4)cc3)CC2)cc1NS(=O)(=O)Cc1ccccc1. The zero-order chi connectivity index (χ0) is 29.9. The molecule has 5 rings (SSSR count). The van der Waals surface area contributed by atoms with Gasteiger partial charge in [0.05, 0.1) is 11.4 Å². The number of benzene rings is 3. The molecule has 3 aromatic carbocycles. The first-order valence-corrected chi connectivity index (χ1v) is 15.5. The lowest BCUT2D eigenvalue weighted by Gasteiger charge is -2.32. The van der Waals surface area contributed by atoms with Crippen LogP contribution in [0.3, 0.4) is 0 Å². The van der Waals surface area contributed by atoms with Crippen LogP contribution in [-0.4, -0.2) is 41.7 Å². The van der Waals surface area contributed by atoms with Crippen molar-refractivity contribution in [1.29, 1.82) is 0 Å². The van der Waals surface area contributed by atoms with E-state index in [9.17, 15) is 26.4 Å². The summed E-state index contributed by atoms with van der Waals surface area (Å²) in [5.41, 5.74) is 3.19. The molecule has 1 aliphatic heterocycles. The maximum atomic E-state index is 13.3. The molecular weight excluding hydrogens is 589 g/mol. The van der Waals surface area contributed by atoms with Gasteiger partial charge in [0.1, 0.15) is 5.75 Å². The fourth-order valence-corrected chi connectivity index (χ4v) is 6.56. The first-order valence-electron chi connectivity index (χ1n) is 13.1. The van der Waals surface area contributed by atoms with Gasteiger partial charge in [0, 0.05) is 30.2 Å². The van der Waals surface area contributed by atoms with E-state index in [0.29, 0.717) is 52.7 Å². The highest BCUT2D eigenvalue weighted by Gasteiger charge is 2.36. The van der Waals surface area contributed by atoms with Crippen molar-refractivity contribution in [2.75, 3.05) is 17.8 Å². The number of aryl methyl sites for hydroxylation is 1. The molecule has 8 nitrogen and oxygen atoms in total. The molecule has 13 heteroatoms. The highest BCUT2D eigenvalue weighted by Crippen LogP contribution is 2.34. The van der Waals surface area contributed by atoms with Crippen LogP contribution in [0, 0.1) is 6.92 Å². The third-order valence-electron chi connectivity index (χ3n) is 6.95. The number of nitrogens with zero attached hydrogens (tertiary/aromatic N) is 3. The Kier molecular flexibility index (Phi) is 8.50. The minimum absolute atomic E-state index is 0.170. The average Bonchev–Trinajstić information content (AvgIpc) is 3.44. The number of halogens is 3. The predicted octanol–water partition coefficient (Wildman–Crippen LogP) is 6.62. The maximum Gasteiger partial charge on any atom is 0.452 e. The van der Waals surface area contributed by atoms with E-state index in [1.807, 2.05) is 18.2 Å². The molecule has 0 bridgehead atoms. The molecule has 1 fully saturated rings. The summed E-state index contributed by atoms with van der Waals surface area (Å²) in [6.07, 6.45) is -3.18. The van der Waals surface area contributed by atoms with E-state index in [2.05, 4.69) is 14.1 Å². The lowest BCUT2D eigenvalue weighted by molar-refractivity contribution is -0.144. The van der Waals surface area contributed by atoms with Crippen LogP contribution < -0.4 is 9.46 Å². The van der Waals surface area contributed by atoms with Crippen LogP contribution in [0.15, 0.2) is 72.8 Å². The first kappa shape index (κ1) is 29.5. The lowest BCUT2D eigenvalue weighted by atomic mass is 9.89. The molecule has 2 heterocycles. The molecular formula is C29H27F3N4O4S2. The zero-order valence-corrected chi connectivity index (χ0v) is 24.1. The molecule has 0 unspecified atom stereocenters. The summed E-state index contributed by atoms with van der Waals surface area (Å²) in [4.78, 5) is 18.4. The summed E-state index contributed by atoms with van der Waals surface area (Å²) in [5.74, 6) is -1.03. The Bertz CT molecular complexity index is 1650. The Morgan fingerprint density at radius 1 is 1.05 bits per heavy atom. The van der Waals surface area contributed by atoms with Gasteiger partial charge < -0.3 is 9.64 Å². The van der Waals surface area contributed by atoms with Crippen LogP contribution >= 0.6 is 11.5 Å². The molecule has 1 N–H and O–H groups in total. The van der Waals surface area contributed by atoms with Crippen LogP contribution in [0.25, 0.3) is 0 Å². The number of carbonyl (C=O) groups excluding carboxylic acids is 1. The average molecular weight is 617 g/mol. The maximum absolute atomic E-state index is 13.3. The van der Waals surface area contributed by atoms with Gasteiger partial charge in [-0.1, -0.05) is 48.5 Å². The third-order valence-corrected chi connectivity index (χ3v) is 8.79. The van der Waals surface area contributed by atoms with E-state index >= 15 is 0 Å². The summed E-state index contributed by atoms with van der Waals surface area (Å²) in [6, 6.07) is 21.0. The second-order valence-electron chi connectivity index (χ2n) is 10.00. The van der Waals surface area contributed by atoms with Crippen LogP contribution in [0.1, 0.15) is 51.6 Å². The molecule has 1 saturated heterocycles. The largest absolute Gasteiger partial charge is 0.452 e. The number of nitrogens with one attached hydrogen (secondary N) is 1. The van der Waals surface area contributed by atoms with Gasteiger partial charge in [0.15, 0.2) is 0 Å². The van der Waals surface area contributed by atoms with Gasteiger partial charge in [-0.25, -0.2) is 8.42 Å². The molecule has 0 radical (unpaired) electrons. The summed E-state index contributed by atoms with van der Waals surface area (Å²) in [5, 5.41) is -0.190. The molecule has 1 aromatic heterocycles. The predicted molar refractivity (Wildman–Crippen MR) is 153 cm³/mol. The van der Waals surface area contributed by atoms with Crippen molar-refractivity contribution >= 4 is 33.2 Å². The fourth-order valence-electron chi connectivity index (χ4n) is 4.74. The van der Waals surface area contributed by atoms with Gasteiger partial charge in [0.2, 0.25) is 10.0 Å². The molecule has 0 spiro atoms. The van der Waals surface area contributed by atoms with Gasteiger partial charge in [-0.05, 0) is 66.6 Å². The lowest BCUT2D eigenvalue weighted by Crippen LogP contribution is -2.38. The number of likely N-dealkylation sites (tertiary alicyclic amines) is 1. The van der Waals surface area contributed by atoms with E-state index in [1.165, 1.54) is 0 Å². The molecule has 1 aliphatic rings. The van der Waals surface area contributed by atoms with Crippen LogP contribution in [0.5, 0.6) is 10.9 Å². The fraction of sp³-hybridized carbons (Fsp3) is 0.276. The van der Waals surface area contributed by atoms with Crippen molar-refractivity contribution in [2.45, 2.75) is 37.6 Å². The quantitative estimate of drug-likeness (QED) is 0.239. The number of carbonyl (C=O) groups is 1. The highest BCUT2D eigenvalue weighted by atomic mass is 32.2. The summed E-state index contributed by atoms with van der Waals surface area (Å²) in [7, 11) is -3.68. The number of alkyl halides is 3. The second-order valence-corrected chi connectivity index (χ2v) is 12.4. The number of anilines is 1. The summed E-state index contributed by atoms with van der Waals surface area (Å²) in [6.45, 7) is 2.83. The molecule has 0 aliphatic carbocycles. The van der Waals surface area contributed by atoms with Gasteiger partial charge in [-0.3, -0.25) is 9.52 Å². The minimum atomic E-state index is -4.62. The summed E-state index contributed by atoms with van der Waals surface area (Å²) >= 11 is 0.534. The highest BCUT2D eigenvalue weighted by molar-refractivity contribution is 7.91. The van der Waals surface area contributed by atoms with E-state index in [-0.39, 0.29) is 22.8 Å². The smallest absolute Gasteiger partial charge is 0.430 e. The number of aromatic nitrogens is 2. The molecule has 0 atom stereocenters. The Hall–Kier alpha value is -3.97. The molecule has 1 amide bonds. The van der Waals surface area contributed by atoms with Gasteiger partial charge >= 0.3 is 6.18 Å². The van der Waals surface area contributed by atoms with Crippen molar-refractivity contribution < 1.29 is 31.1 Å². The van der Waals surface area contributed by atoms with Gasteiger partial charge in [0.25, 0.3) is 16.9 Å². The standard InChI is InChI=1S/C29H27F3N4O4S2/c1-19-7-8-23(17-25(19)35-42(38,39)18-20-5-3-2-4-6-20)26(37)36-15-13-22(14-16-36)21-9-11-24(12-10-21)40-28-33-27(34-41-28)29(30,31)32/h2-12,17,22,35H,13-16,18H2,1H3. The number of amides is 1. The van der Waals surface area contributed by atoms with E-state index in [4.69, 9.17) is 4.74 Å². The Morgan fingerprint density at radius 2 is 1.74 bits per heavy atom. The third kappa shape index (κ3) is 7.26. The first-order chi connectivity index (χ1) is 20.0. The molecule has 0 saturated carbocycles. The number of rotatable bonds is 8. The van der Waals surface area contributed by atoms with Crippen molar-refractivity contribution in [3.05, 3.63) is 101 Å². The van der Waals surface area contributed by atoms with Crippen molar-refractivity contribution in [1.82, 2.24) is 14.3 Å². The van der Waals surface area contributed by atoms with Crippen LogP contribution in [0.2, 0.25) is 0 Å². The van der Waals surface area contributed by atoms with Crippen LogP contribution in [-0.2, 0) is 22.0 Å². The minimum Gasteiger partial charge on any atom is -0.430 e. The van der Waals surface area contributed by atoms with Gasteiger partial charge in [-0.2, -0.15) is 22.5 Å².